The van der Waals surface area contributed by atoms with Crippen LogP contribution in [0.25, 0.3) is 4.91 Å². The smallest absolute Gasteiger partial charge is 0.264 e. The van der Waals surface area contributed by atoms with Crippen molar-refractivity contribution in [2.75, 3.05) is 76.5 Å². The van der Waals surface area contributed by atoms with Crippen LogP contribution in [-0.4, -0.2) is 103 Å². The number of benzene rings is 1. The third-order valence-corrected chi connectivity index (χ3v) is 7.43. The summed E-state index contributed by atoms with van der Waals surface area (Å²) in [6.07, 6.45) is 1.50. The van der Waals surface area contributed by atoms with E-state index < -0.39 is 12.0 Å². The molecule has 1 fully saturated rings. The first kappa shape index (κ1) is 36.9. The monoisotopic (exact) mass is 612 g/mol. The predicted octanol–water partition coefficient (Wildman–Crippen LogP) is 4.00. The molecule has 1 heterocycles. The summed E-state index contributed by atoms with van der Waals surface area (Å²) in [5.74, 6) is 0.473. The Morgan fingerprint density at radius 2 is 2.00 bits per heavy atom. The van der Waals surface area contributed by atoms with Crippen LogP contribution in [0.5, 0.6) is 0 Å². The molecule has 0 spiro atoms. The van der Waals surface area contributed by atoms with Gasteiger partial charge < -0.3 is 30.5 Å². The van der Waals surface area contributed by atoms with Gasteiger partial charge in [-0.1, -0.05) is 6.08 Å². The number of anilines is 2. The maximum absolute atomic E-state index is 15.1. The van der Waals surface area contributed by atoms with Gasteiger partial charge in [-0.2, -0.15) is 0 Å². The molecule has 1 saturated heterocycles. The highest BCUT2D eigenvalue weighted by molar-refractivity contribution is 8.08. The van der Waals surface area contributed by atoms with E-state index in [4.69, 9.17) is 4.74 Å². The van der Waals surface area contributed by atoms with Crippen molar-refractivity contribution in [2.45, 2.75) is 26.3 Å². The Hall–Kier alpha value is -3.13. The molecule has 0 bridgehead atoms. The van der Waals surface area contributed by atoms with Crippen molar-refractivity contribution in [2.24, 2.45) is 4.99 Å². The second-order valence-electron chi connectivity index (χ2n) is 9.16. The molecule has 1 unspecified atom stereocenters. The normalized spacial score (nSPS) is 16.5. The number of nitrogens with one attached hydrogen (secondary N) is 3. The van der Waals surface area contributed by atoms with Gasteiger partial charge in [0.2, 0.25) is 6.41 Å². The Morgan fingerprint density at radius 1 is 1.26 bits per heavy atom. The molecule has 0 aliphatic carbocycles. The molecule has 1 aromatic rings. The van der Waals surface area contributed by atoms with Crippen molar-refractivity contribution in [3.63, 3.8) is 0 Å². The lowest BCUT2D eigenvalue weighted by atomic mass is 10.1. The minimum Gasteiger partial charge on any atom is -0.386 e. The van der Waals surface area contributed by atoms with Crippen LogP contribution < -0.4 is 20.9 Å². The molecule has 1 aliphatic heterocycles. The Morgan fingerprint density at radius 3 is 2.55 bits per heavy atom. The van der Waals surface area contributed by atoms with Crippen LogP contribution in [0.1, 0.15) is 19.4 Å². The van der Waals surface area contributed by atoms with Crippen LogP contribution >= 0.6 is 11.8 Å². The quantitative estimate of drug-likeness (QED) is 0.0848. The van der Waals surface area contributed by atoms with Gasteiger partial charge in [0.15, 0.2) is 6.29 Å². The fourth-order valence-electron chi connectivity index (χ4n) is 3.96. The Bertz CT molecular complexity index is 1100. The number of amides is 1. The number of nitrogens with zero attached hydrogens (tertiary/aromatic N) is 3. The highest BCUT2D eigenvalue weighted by Gasteiger charge is 2.24. The highest BCUT2D eigenvalue weighted by Crippen LogP contribution is 2.37. The zero-order valence-electron chi connectivity index (χ0n) is 25.0. The second-order valence-corrected chi connectivity index (χ2v) is 10.3. The summed E-state index contributed by atoms with van der Waals surface area (Å²) in [4.78, 5) is 29.4. The van der Waals surface area contributed by atoms with E-state index in [-0.39, 0.29) is 17.7 Å². The molecule has 9 nitrogen and oxygen atoms in total. The van der Waals surface area contributed by atoms with Crippen molar-refractivity contribution in [3.05, 3.63) is 53.1 Å². The van der Waals surface area contributed by atoms with Crippen molar-refractivity contribution in [1.82, 2.24) is 15.5 Å². The number of carbonyl (C=O) groups excluding carboxylic acids is 2. The number of alkyl halides is 2. The predicted molar refractivity (Wildman–Crippen MR) is 168 cm³/mol. The van der Waals surface area contributed by atoms with Crippen molar-refractivity contribution in [3.8, 4) is 0 Å². The molecule has 1 amide bonds. The van der Waals surface area contributed by atoms with Gasteiger partial charge in [0.25, 0.3) is 6.43 Å². The fraction of sp³-hybridized carbons (Fsp3) is 0.483. The van der Waals surface area contributed by atoms with Crippen LogP contribution in [0.4, 0.5) is 24.5 Å². The number of piperazine rings is 1. The number of thioether (sulfide) groups is 1. The third kappa shape index (κ3) is 12.0. The van der Waals surface area contributed by atoms with Gasteiger partial charge in [-0.3, -0.25) is 14.6 Å². The summed E-state index contributed by atoms with van der Waals surface area (Å²) in [5, 5.41) is 8.30. The summed E-state index contributed by atoms with van der Waals surface area (Å²) >= 11 is 1.53. The standard InChI is InChI=1S/C21H34FN5OS.C8H9F2NO2/c1-16-15-27(8-7-26(16)5)20-13-18(22)17(12-19(20)25-4)21(14-24-3)29-11-10-28-9-6-23-2;1-2-7(8(9)10)6(4-12)3-11-5-13/h12-14,16,23,25H,3,6-11,15H2,1-2,4-5H3;2-5,8H,1H3,(H,11,13)/b21-14-;6-3-,7-2+. The second kappa shape index (κ2) is 20.7. The van der Waals surface area contributed by atoms with Gasteiger partial charge in [-0.05, 0) is 46.8 Å². The number of likely N-dealkylation sites (N-methyl/N-ethyl adjacent to an activating group) is 2. The van der Waals surface area contributed by atoms with Crippen molar-refractivity contribution >= 4 is 47.5 Å². The molecular weight excluding hydrogens is 569 g/mol. The van der Waals surface area contributed by atoms with E-state index in [2.05, 4.69) is 46.1 Å². The van der Waals surface area contributed by atoms with Crippen molar-refractivity contribution < 1.29 is 27.5 Å². The van der Waals surface area contributed by atoms with E-state index in [0.29, 0.717) is 31.2 Å². The molecule has 13 heteroatoms. The zero-order chi connectivity index (χ0) is 31.5. The Balaban J connectivity index is 0.000000572. The van der Waals surface area contributed by atoms with Gasteiger partial charge in [0, 0.05) is 79.0 Å². The summed E-state index contributed by atoms with van der Waals surface area (Å²) in [6.45, 7) is 11.9. The average molecular weight is 613 g/mol. The van der Waals surface area contributed by atoms with Gasteiger partial charge in [0.1, 0.15) is 5.82 Å². The fourth-order valence-corrected chi connectivity index (χ4v) is 4.84. The summed E-state index contributed by atoms with van der Waals surface area (Å²) in [5.41, 5.74) is 1.72. The lowest BCUT2D eigenvalue weighted by Crippen LogP contribution is -2.50. The largest absolute Gasteiger partial charge is 0.386 e. The minimum absolute atomic E-state index is 0.232. The van der Waals surface area contributed by atoms with Gasteiger partial charge in [-0.15, -0.1) is 11.8 Å². The van der Waals surface area contributed by atoms with Gasteiger partial charge in [0.05, 0.1) is 24.6 Å². The first-order valence-electron chi connectivity index (χ1n) is 13.5. The van der Waals surface area contributed by atoms with Crippen LogP contribution in [0, 0.1) is 5.82 Å². The molecule has 234 valence electrons. The van der Waals surface area contributed by atoms with Gasteiger partial charge >= 0.3 is 0 Å². The molecule has 0 radical (unpaired) electrons. The molecule has 1 aromatic carbocycles. The van der Waals surface area contributed by atoms with Crippen LogP contribution in [0.15, 0.2) is 46.7 Å². The topological polar surface area (TPSA) is 98.3 Å². The van der Waals surface area contributed by atoms with E-state index in [1.165, 1.54) is 18.7 Å². The number of halogens is 3. The summed E-state index contributed by atoms with van der Waals surface area (Å²) in [6, 6.07) is 3.94. The van der Waals surface area contributed by atoms with Crippen LogP contribution in [0.2, 0.25) is 0 Å². The molecule has 1 aliphatic rings. The lowest BCUT2D eigenvalue weighted by Gasteiger charge is -2.39. The van der Waals surface area contributed by atoms with Crippen LogP contribution in [0.3, 0.4) is 0 Å². The third-order valence-electron chi connectivity index (χ3n) is 6.42. The Kier molecular flexibility index (Phi) is 18.2. The van der Waals surface area contributed by atoms with E-state index in [1.54, 1.807) is 12.3 Å². The maximum Gasteiger partial charge on any atom is 0.264 e. The summed E-state index contributed by atoms with van der Waals surface area (Å²) in [7, 11) is 5.89. The van der Waals surface area contributed by atoms with E-state index in [9.17, 15) is 18.4 Å². The number of ether oxygens (including phenoxy) is 1. The molecule has 3 N–H and O–H groups in total. The minimum atomic E-state index is -2.73. The number of aldehydes is 1. The number of carbonyl (C=O) groups is 2. The number of rotatable bonds is 16. The van der Waals surface area contributed by atoms with Gasteiger partial charge in [-0.25, -0.2) is 13.2 Å². The lowest BCUT2D eigenvalue weighted by molar-refractivity contribution is -0.108. The van der Waals surface area contributed by atoms with E-state index in [0.717, 1.165) is 60.5 Å². The number of allylic oxidation sites excluding steroid dienone is 3. The maximum atomic E-state index is 15.1. The SMILES string of the molecule is C/C=C(\C(C=O)=C/NC=O)C(F)F.C=N/C=C(\SCCOCCNC)c1cc(NC)c(N2CCN(C)C(C)C2)cc1F. The molecule has 42 heavy (non-hydrogen) atoms. The Labute approximate surface area is 251 Å². The molecule has 1 atom stereocenters. The zero-order valence-corrected chi connectivity index (χ0v) is 25.8. The first-order valence-corrected chi connectivity index (χ1v) is 14.4. The molecule has 2 rings (SSSR count). The molecular formula is C29H43F3N6O3S. The highest BCUT2D eigenvalue weighted by atomic mass is 32.2. The van der Waals surface area contributed by atoms with Crippen LogP contribution in [-0.2, 0) is 14.3 Å². The molecule has 0 aromatic heterocycles. The van der Waals surface area contributed by atoms with Crippen molar-refractivity contribution in [1.29, 1.82) is 0 Å². The number of hydrogen-bond acceptors (Lipinski definition) is 9. The van der Waals surface area contributed by atoms with E-state index in [1.807, 2.05) is 25.5 Å². The summed E-state index contributed by atoms with van der Waals surface area (Å²) < 4.78 is 45.0. The number of hydrogen-bond donors (Lipinski definition) is 3. The van der Waals surface area contributed by atoms with E-state index >= 15 is 4.39 Å². The number of aliphatic imine (C=N–C) groups is 1. The average Bonchev–Trinajstić information content (AvgIpc) is 2.98. The molecule has 0 saturated carbocycles. The first-order chi connectivity index (χ1) is 20.2.